The van der Waals surface area contributed by atoms with E-state index in [0.29, 0.717) is 5.69 Å². The van der Waals surface area contributed by atoms with E-state index in [1.165, 1.54) is 0 Å². The molecule has 90 valence electrons. The Hall–Kier alpha value is -2.01. The van der Waals surface area contributed by atoms with Gasteiger partial charge in [-0.05, 0) is 30.3 Å². The molecule has 3 rings (SSSR count). The zero-order chi connectivity index (χ0) is 12.7. The van der Waals surface area contributed by atoms with Crippen LogP contribution in [0.2, 0.25) is 0 Å². The first-order valence-electron chi connectivity index (χ1n) is 5.37. The number of hydrogen-bond acceptors (Lipinski definition) is 3. The third kappa shape index (κ3) is 1.93. The standard InChI is InChI=1S/C13H10BrN3O/c14-8-3-7(4-9(15)5-8)13-16-11-2-1-10(18)6-12(11)17-13/h1-6,18H,15H2,(H,16,17). The molecular formula is C13H10BrN3O. The minimum atomic E-state index is 0.214. The second-order valence-corrected chi connectivity index (χ2v) is 4.98. The van der Waals surface area contributed by atoms with Crippen LogP contribution in [0.5, 0.6) is 5.75 Å². The van der Waals surface area contributed by atoms with Crippen molar-refractivity contribution in [1.29, 1.82) is 0 Å². The van der Waals surface area contributed by atoms with E-state index in [-0.39, 0.29) is 5.75 Å². The van der Waals surface area contributed by atoms with Gasteiger partial charge in [-0.2, -0.15) is 0 Å². The minimum absolute atomic E-state index is 0.214. The Balaban J connectivity index is 2.19. The number of fused-ring (bicyclic) bond motifs is 1. The zero-order valence-electron chi connectivity index (χ0n) is 9.31. The number of hydrogen-bond donors (Lipinski definition) is 3. The van der Waals surface area contributed by atoms with Crippen molar-refractivity contribution < 1.29 is 5.11 Å². The Bertz CT molecular complexity index is 716. The maximum absolute atomic E-state index is 9.42. The van der Waals surface area contributed by atoms with E-state index in [1.807, 2.05) is 18.2 Å². The van der Waals surface area contributed by atoms with Gasteiger partial charge in [0.25, 0.3) is 0 Å². The summed E-state index contributed by atoms with van der Waals surface area (Å²) in [6, 6.07) is 10.6. The van der Waals surface area contributed by atoms with Gasteiger partial charge in [-0.3, -0.25) is 0 Å². The minimum Gasteiger partial charge on any atom is -0.508 e. The van der Waals surface area contributed by atoms with E-state index in [9.17, 15) is 5.11 Å². The van der Waals surface area contributed by atoms with E-state index in [1.54, 1.807) is 18.2 Å². The summed E-state index contributed by atoms with van der Waals surface area (Å²) in [5.74, 6) is 0.940. The Labute approximate surface area is 112 Å². The largest absolute Gasteiger partial charge is 0.508 e. The highest BCUT2D eigenvalue weighted by Crippen LogP contribution is 2.27. The van der Waals surface area contributed by atoms with Gasteiger partial charge in [-0.1, -0.05) is 15.9 Å². The first kappa shape index (κ1) is 11.1. The fourth-order valence-electron chi connectivity index (χ4n) is 1.88. The maximum atomic E-state index is 9.42. The van der Waals surface area contributed by atoms with Crippen LogP contribution < -0.4 is 5.73 Å². The summed E-state index contributed by atoms with van der Waals surface area (Å²) in [6.45, 7) is 0. The summed E-state index contributed by atoms with van der Waals surface area (Å²) in [6.07, 6.45) is 0. The van der Waals surface area contributed by atoms with Gasteiger partial charge in [0, 0.05) is 21.8 Å². The lowest BCUT2D eigenvalue weighted by Gasteiger charge is -2.00. The monoisotopic (exact) mass is 303 g/mol. The number of nitrogen functional groups attached to an aromatic ring is 1. The van der Waals surface area contributed by atoms with Gasteiger partial charge in [0.2, 0.25) is 0 Å². The number of anilines is 1. The molecule has 0 aliphatic rings. The molecule has 1 aromatic heterocycles. The fraction of sp³-hybridized carbons (Fsp3) is 0. The molecule has 1 heterocycles. The molecule has 0 atom stereocenters. The number of rotatable bonds is 1. The average Bonchev–Trinajstić information content (AvgIpc) is 2.70. The van der Waals surface area contributed by atoms with Gasteiger partial charge in [0.15, 0.2) is 0 Å². The van der Waals surface area contributed by atoms with E-state index >= 15 is 0 Å². The van der Waals surface area contributed by atoms with E-state index in [2.05, 4.69) is 25.9 Å². The van der Waals surface area contributed by atoms with Crippen molar-refractivity contribution in [2.75, 3.05) is 5.73 Å². The van der Waals surface area contributed by atoms with Crippen molar-refractivity contribution >= 4 is 32.7 Å². The molecule has 5 heteroatoms. The van der Waals surface area contributed by atoms with Gasteiger partial charge in [0.1, 0.15) is 11.6 Å². The Kier molecular flexibility index (Phi) is 2.48. The summed E-state index contributed by atoms with van der Waals surface area (Å²) in [5.41, 5.74) is 8.97. The summed E-state index contributed by atoms with van der Waals surface area (Å²) < 4.78 is 0.904. The third-order valence-corrected chi connectivity index (χ3v) is 3.12. The predicted molar refractivity (Wildman–Crippen MR) is 75.3 cm³/mol. The quantitative estimate of drug-likeness (QED) is 0.604. The number of nitrogens with one attached hydrogen (secondary N) is 1. The summed E-state index contributed by atoms with van der Waals surface area (Å²) >= 11 is 3.40. The first-order chi connectivity index (χ1) is 8.61. The highest BCUT2D eigenvalue weighted by molar-refractivity contribution is 9.10. The number of aromatic hydroxyl groups is 1. The number of aromatic amines is 1. The van der Waals surface area contributed by atoms with Crippen molar-refractivity contribution in [3.63, 3.8) is 0 Å². The topological polar surface area (TPSA) is 74.9 Å². The van der Waals surface area contributed by atoms with Crippen LogP contribution in [0.3, 0.4) is 0 Å². The van der Waals surface area contributed by atoms with Crippen LogP contribution in [0.4, 0.5) is 5.69 Å². The number of phenolic OH excluding ortho intramolecular Hbond substituents is 1. The lowest BCUT2D eigenvalue weighted by Crippen LogP contribution is -1.87. The number of halogens is 1. The number of nitrogens with two attached hydrogens (primary N) is 1. The molecule has 0 aliphatic carbocycles. The van der Waals surface area contributed by atoms with Crippen molar-refractivity contribution in [2.45, 2.75) is 0 Å². The molecular weight excluding hydrogens is 294 g/mol. The lowest BCUT2D eigenvalue weighted by atomic mass is 10.2. The molecule has 4 nitrogen and oxygen atoms in total. The van der Waals surface area contributed by atoms with Gasteiger partial charge in [0.05, 0.1) is 11.0 Å². The Morgan fingerprint density at radius 1 is 1.17 bits per heavy atom. The van der Waals surface area contributed by atoms with E-state index in [4.69, 9.17) is 5.73 Å². The molecule has 0 unspecified atom stereocenters. The van der Waals surface area contributed by atoms with Crippen LogP contribution in [0, 0.1) is 0 Å². The number of aromatic nitrogens is 2. The molecule has 0 aliphatic heterocycles. The number of H-pyrrole nitrogens is 1. The van der Waals surface area contributed by atoms with Crippen molar-refractivity contribution in [2.24, 2.45) is 0 Å². The smallest absolute Gasteiger partial charge is 0.138 e. The predicted octanol–water partition coefficient (Wildman–Crippen LogP) is 3.28. The van der Waals surface area contributed by atoms with Gasteiger partial charge < -0.3 is 15.8 Å². The van der Waals surface area contributed by atoms with Crippen LogP contribution in [0.15, 0.2) is 40.9 Å². The van der Waals surface area contributed by atoms with Crippen LogP contribution in [0.1, 0.15) is 0 Å². The molecule has 0 spiro atoms. The van der Waals surface area contributed by atoms with Crippen molar-refractivity contribution in [1.82, 2.24) is 9.97 Å². The second-order valence-electron chi connectivity index (χ2n) is 4.06. The number of benzene rings is 2. The molecule has 0 radical (unpaired) electrons. The van der Waals surface area contributed by atoms with Crippen LogP contribution in [0.25, 0.3) is 22.4 Å². The normalized spacial score (nSPS) is 10.9. The third-order valence-electron chi connectivity index (χ3n) is 2.66. The lowest BCUT2D eigenvalue weighted by molar-refractivity contribution is 0.476. The number of nitrogens with zero attached hydrogens (tertiary/aromatic N) is 1. The molecule has 0 bridgehead atoms. The van der Waals surface area contributed by atoms with Crippen LogP contribution in [-0.4, -0.2) is 15.1 Å². The number of imidazole rings is 1. The molecule has 0 saturated carbocycles. The highest BCUT2D eigenvalue weighted by atomic mass is 79.9. The second kappa shape index (κ2) is 4.03. The fourth-order valence-corrected chi connectivity index (χ4v) is 2.39. The summed E-state index contributed by atoms with van der Waals surface area (Å²) in [7, 11) is 0. The number of phenols is 1. The summed E-state index contributed by atoms with van der Waals surface area (Å²) in [4.78, 5) is 7.62. The van der Waals surface area contributed by atoms with Gasteiger partial charge >= 0.3 is 0 Å². The SMILES string of the molecule is Nc1cc(Br)cc(-c2nc3ccc(O)cc3[nH]2)c1. The first-order valence-corrected chi connectivity index (χ1v) is 6.16. The molecule has 2 aromatic carbocycles. The molecule has 3 aromatic rings. The van der Waals surface area contributed by atoms with Crippen LogP contribution >= 0.6 is 15.9 Å². The van der Waals surface area contributed by atoms with Crippen molar-refractivity contribution in [3.05, 3.63) is 40.9 Å². The Morgan fingerprint density at radius 3 is 2.78 bits per heavy atom. The molecule has 0 amide bonds. The average molecular weight is 304 g/mol. The van der Waals surface area contributed by atoms with Gasteiger partial charge in [-0.25, -0.2) is 4.98 Å². The summed E-state index contributed by atoms with van der Waals surface area (Å²) in [5, 5.41) is 9.42. The van der Waals surface area contributed by atoms with Gasteiger partial charge in [-0.15, -0.1) is 0 Å². The Morgan fingerprint density at radius 2 is 2.00 bits per heavy atom. The molecule has 0 fully saturated rings. The molecule has 18 heavy (non-hydrogen) atoms. The van der Waals surface area contributed by atoms with Crippen molar-refractivity contribution in [3.8, 4) is 17.1 Å². The zero-order valence-corrected chi connectivity index (χ0v) is 10.9. The van der Waals surface area contributed by atoms with E-state index in [0.717, 1.165) is 26.9 Å². The maximum Gasteiger partial charge on any atom is 0.138 e. The molecule has 0 saturated heterocycles. The highest BCUT2D eigenvalue weighted by Gasteiger charge is 2.07. The van der Waals surface area contributed by atoms with Crippen LogP contribution in [-0.2, 0) is 0 Å². The molecule has 4 N–H and O–H groups in total. The van der Waals surface area contributed by atoms with E-state index < -0.39 is 0 Å².